The quantitative estimate of drug-likeness (QED) is 0.143. The molecule has 0 radical (unpaired) electrons. The van der Waals surface area contributed by atoms with E-state index in [2.05, 4.69) is 9.47 Å². The minimum absolute atomic E-state index is 0. The van der Waals surface area contributed by atoms with Crippen LogP contribution in [0.1, 0.15) is 6.92 Å². The molecule has 1 unspecified atom stereocenters. The van der Waals surface area contributed by atoms with Crippen LogP contribution in [0.3, 0.4) is 0 Å². The lowest BCUT2D eigenvalue weighted by atomic mass is 9.98. The van der Waals surface area contributed by atoms with Gasteiger partial charge >= 0.3 is 5.97 Å². The Morgan fingerprint density at radius 1 is 1.12 bits per heavy atom. The van der Waals surface area contributed by atoms with Gasteiger partial charge in [0.05, 0.1) is 19.8 Å². The maximum atomic E-state index is 10.7. The van der Waals surface area contributed by atoms with Crippen molar-refractivity contribution in [2.45, 2.75) is 48.8 Å². The van der Waals surface area contributed by atoms with Gasteiger partial charge in [0, 0.05) is 0 Å². The molecule has 0 aromatic heterocycles. The van der Waals surface area contributed by atoms with Gasteiger partial charge in [0.25, 0.3) is 0 Å². The Labute approximate surface area is 154 Å². The second-order valence-electron chi connectivity index (χ2n) is 5.54. The van der Waals surface area contributed by atoms with Gasteiger partial charge in [-0.2, -0.15) is 0 Å². The molecule has 2 aliphatic heterocycles. The average molecular weight is 470 g/mol. The molecule has 0 saturated carbocycles. The fourth-order valence-corrected chi connectivity index (χ4v) is 1.97. The molecule has 2 fully saturated rings. The Balaban J connectivity index is 0.000000425. The molecule has 0 aromatic carbocycles. The molecule has 12 heteroatoms. The van der Waals surface area contributed by atoms with Gasteiger partial charge in [-0.1, -0.05) is 0 Å². The molecule has 2 saturated heterocycles. The summed E-state index contributed by atoms with van der Waals surface area (Å²) in [6.45, 7) is -0.494. The van der Waals surface area contributed by atoms with E-state index < -0.39 is 61.1 Å². The van der Waals surface area contributed by atoms with Gasteiger partial charge in [-0.15, -0.1) is 24.0 Å². The summed E-state index contributed by atoms with van der Waals surface area (Å²) in [7, 11) is 0. The number of aliphatic hydroxyl groups is 8. The highest BCUT2D eigenvalue weighted by molar-refractivity contribution is 14.0. The minimum Gasteiger partial charge on any atom is -0.455 e. The zero-order valence-corrected chi connectivity index (χ0v) is 15.0. The number of rotatable bonds is 2. The van der Waals surface area contributed by atoms with Crippen LogP contribution in [0.25, 0.3) is 0 Å². The molecule has 24 heavy (non-hydrogen) atoms. The summed E-state index contributed by atoms with van der Waals surface area (Å²) in [4.78, 5) is 10.7. The number of halogens is 1. The van der Waals surface area contributed by atoms with Crippen LogP contribution in [0.5, 0.6) is 0 Å². The average Bonchev–Trinajstić information content (AvgIpc) is 2.72. The van der Waals surface area contributed by atoms with Crippen molar-refractivity contribution >= 4 is 29.9 Å². The van der Waals surface area contributed by atoms with E-state index in [9.17, 15) is 15.0 Å². The topological polar surface area (TPSA) is 197 Å². The normalized spacial score (nSPS) is 44.9. The van der Waals surface area contributed by atoms with Crippen molar-refractivity contribution in [3.05, 3.63) is 0 Å². The molecule has 0 bridgehead atoms. The highest BCUT2D eigenvalue weighted by atomic mass is 127. The van der Waals surface area contributed by atoms with Gasteiger partial charge in [-0.3, -0.25) is 0 Å². The first kappa shape index (κ1) is 23.8. The van der Waals surface area contributed by atoms with Crippen LogP contribution in [0.2, 0.25) is 0 Å². The molecule has 0 aliphatic carbocycles. The zero-order chi connectivity index (χ0) is 18.0. The van der Waals surface area contributed by atoms with E-state index in [1.807, 2.05) is 0 Å². The SMILES string of the molecule is C[C@]1(O)C(=O)O[C@H](CO)[C@H]1O.I.OCC1(O)OC[C@@H](O)[C@@H](O)[C@@H]1O. The van der Waals surface area contributed by atoms with Crippen molar-refractivity contribution in [2.24, 2.45) is 0 Å². The van der Waals surface area contributed by atoms with Crippen LogP contribution in [0.15, 0.2) is 0 Å². The smallest absolute Gasteiger partial charge is 0.341 e. The number of aliphatic hydroxyl groups excluding tert-OH is 6. The molecule has 144 valence electrons. The van der Waals surface area contributed by atoms with Crippen LogP contribution in [0, 0.1) is 0 Å². The summed E-state index contributed by atoms with van der Waals surface area (Å²) >= 11 is 0. The maximum absolute atomic E-state index is 10.7. The fourth-order valence-electron chi connectivity index (χ4n) is 1.97. The van der Waals surface area contributed by atoms with Crippen LogP contribution >= 0.6 is 24.0 Å². The van der Waals surface area contributed by atoms with Gasteiger partial charge in [0.1, 0.15) is 24.4 Å². The summed E-state index contributed by atoms with van der Waals surface area (Å²) in [5.74, 6) is -3.07. The molecule has 2 rings (SSSR count). The molecular formula is C12H23IO11. The largest absolute Gasteiger partial charge is 0.455 e. The highest BCUT2D eigenvalue weighted by Gasteiger charge is 2.52. The summed E-state index contributed by atoms with van der Waals surface area (Å²) < 4.78 is 9.00. The Morgan fingerprint density at radius 2 is 1.67 bits per heavy atom. The number of hydrogen-bond acceptors (Lipinski definition) is 11. The fraction of sp³-hybridized carbons (Fsp3) is 0.917. The number of carbonyl (C=O) groups is 1. The first-order chi connectivity index (χ1) is 10.5. The maximum Gasteiger partial charge on any atom is 0.341 e. The predicted molar refractivity (Wildman–Crippen MR) is 85.0 cm³/mol. The van der Waals surface area contributed by atoms with Gasteiger partial charge in [0.2, 0.25) is 5.79 Å². The lowest BCUT2D eigenvalue weighted by Crippen LogP contribution is -2.62. The third-order valence-electron chi connectivity index (χ3n) is 3.69. The zero-order valence-electron chi connectivity index (χ0n) is 12.7. The highest BCUT2D eigenvalue weighted by Crippen LogP contribution is 2.25. The van der Waals surface area contributed by atoms with E-state index in [4.69, 9.17) is 30.6 Å². The van der Waals surface area contributed by atoms with Crippen molar-refractivity contribution in [3.8, 4) is 0 Å². The van der Waals surface area contributed by atoms with E-state index in [0.717, 1.165) is 6.92 Å². The van der Waals surface area contributed by atoms with E-state index in [0.29, 0.717) is 0 Å². The number of carbonyl (C=O) groups excluding carboxylic acids is 1. The Bertz CT molecular complexity index is 420. The third kappa shape index (κ3) is 4.72. The third-order valence-corrected chi connectivity index (χ3v) is 3.69. The monoisotopic (exact) mass is 470 g/mol. The van der Waals surface area contributed by atoms with Crippen LogP contribution in [-0.4, -0.2) is 109 Å². The molecule has 11 nitrogen and oxygen atoms in total. The Morgan fingerprint density at radius 3 is 2.00 bits per heavy atom. The number of hydrogen-bond donors (Lipinski definition) is 8. The van der Waals surface area contributed by atoms with Gasteiger partial charge in [0.15, 0.2) is 11.7 Å². The number of ether oxygens (including phenoxy) is 2. The molecule has 2 heterocycles. The van der Waals surface area contributed by atoms with Crippen molar-refractivity contribution < 1.29 is 55.1 Å². The first-order valence-electron chi connectivity index (χ1n) is 6.75. The van der Waals surface area contributed by atoms with Crippen molar-refractivity contribution in [1.82, 2.24) is 0 Å². The summed E-state index contributed by atoms with van der Waals surface area (Å²) in [5.41, 5.74) is -1.88. The van der Waals surface area contributed by atoms with E-state index in [-0.39, 0.29) is 30.6 Å². The number of esters is 1. The number of cyclic esters (lactones) is 1. The van der Waals surface area contributed by atoms with Crippen molar-refractivity contribution in [1.29, 1.82) is 0 Å². The minimum atomic E-state index is -2.17. The molecule has 0 amide bonds. The Hall–Kier alpha value is -0.160. The van der Waals surface area contributed by atoms with Gasteiger partial charge in [-0.05, 0) is 6.92 Å². The molecule has 0 aromatic rings. The van der Waals surface area contributed by atoms with E-state index >= 15 is 0 Å². The summed E-state index contributed by atoms with van der Waals surface area (Å²) in [5, 5.41) is 71.8. The molecule has 7 atom stereocenters. The van der Waals surface area contributed by atoms with Crippen LogP contribution in [0.4, 0.5) is 0 Å². The summed E-state index contributed by atoms with van der Waals surface area (Å²) in [6, 6.07) is 0. The van der Waals surface area contributed by atoms with Crippen LogP contribution < -0.4 is 0 Å². The van der Waals surface area contributed by atoms with Gasteiger partial charge < -0.3 is 50.3 Å². The van der Waals surface area contributed by atoms with Crippen LogP contribution in [-0.2, 0) is 14.3 Å². The Kier molecular flexibility index (Phi) is 8.92. The molecule has 2 aliphatic rings. The molecular weight excluding hydrogens is 447 g/mol. The lowest BCUT2D eigenvalue weighted by molar-refractivity contribution is -0.331. The molecule has 8 N–H and O–H groups in total. The summed E-state index contributed by atoms with van der Waals surface area (Å²) in [6.07, 6.45) is -6.80. The lowest BCUT2D eigenvalue weighted by Gasteiger charge is -2.40. The second kappa shape index (κ2) is 8.98. The van der Waals surface area contributed by atoms with Crippen molar-refractivity contribution in [3.63, 3.8) is 0 Å². The van der Waals surface area contributed by atoms with E-state index in [1.54, 1.807) is 0 Å². The predicted octanol–water partition coefficient (Wildman–Crippen LogP) is -4.59. The molecule has 0 spiro atoms. The standard InChI is InChI=1S/C6H12O6.C6H10O5.HI/c7-2-6(11)5(10)4(9)3(8)1-12-6;1-6(10)4(8)3(2-7)11-5(6)9;/h3-5,7-11H,1-2H2;3-4,7-8,10H,2H2,1H3;1H/t3-,4-,5+,6?;3-,4-,6-;/m11./s1. The second-order valence-corrected chi connectivity index (χ2v) is 5.54. The van der Waals surface area contributed by atoms with Crippen molar-refractivity contribution in [2.75, 3.05) is 19.8 Å². The van der Waals surface area contributed by atoms with E-state index in [1.165, 1.54) is 0 Å². The van der Waals surface area contributed by atoms with Gasteiger partial charge in [-0.25, -0.2) is 4.79 Å². The first-order valence-corrected chi connectivity index (χ1v) is 6.75.